The van der Waals surface area contributed by atoms with Gasteiger partial charge in [0.05, 0.1) is 11.8 Å². The number of aliphatic hydroxyl groups is 1. The molecule has 20 heavy (non-hydrogen) atoms. The second-order valence-corrected chi connectivity index (χ2v) is 5.83. The van der Waals surface area contributed by atoms with Crippen LogP contribution in [-0.4, -0.2) is 38.7 Å². The van der Waals surface area contributed by atoms with Crippen molar-refractivity contribution in [3.8, 4) is 0 Å². The van der Waals surface area contributed by atoms with Crippen LogP contribution in [0.3, 0.4) is 0 Å². The van der Waals surface area contributed by atoms with E-state index < -0.39 is 5.60 Å². The maximum atomic E-state index is 10.4. The lowest BCUT2D eigenvalue weighted by Gasteiger charge is -2.26. The molecule has 0 aliphatic heterocycles. The van der Waals surface area contributed by atoms with Crippen molar-refractivity contribution >= 4 is 17.3 Å². The third kappa shape index (κ3) is 3.39. The van der Waals surface area contributed by atoms with Crippen molar-refractivity contribution in [3.63, 3.8) is 0 Å². The van der Waals surface area contributed by atoms with Crippen molar-refractivity contribution < 1.29 is 5.11 Å². The van der Waals surface area contributed by atoms with E-state index in [1.54, 1.807) is 6.20 Å². The molecule has 0 saturated heterocycles. The molecule has 0 aliphatic carbocycles. The highest BCUT2D eigenvalue weighted by Crippen LogP contribution is 2.20. The van der Waals surface area contributed by atoms with Crippen molar-refractivity contribution in [1.82, 2.24) is 14.4 Å². The monoisotopic (exact) mass is 277 g/mol. The second-order valence-electron chi connectivity index (χ2n) is 5.83. The molecule has 0 fully saturated rings. The van der Waals surface area contributed by atoms with Crippen molar-refractivity contribution in [2.45, 2.75) is 32.8 Å². The minimum Gasteiger partial charge on any atom is -0.388 e. The quantitative estimate of drug-likeness (QED) is 0.753. The van der Waals surface area contributed by atoms with Gasteiger partial charge in [-0.3, -0.25) is 0 Å². The Hall–Kier alpha value is -1.82. The van der Waals surface area contributed by atoms with Gasteiger partial charge in [0.25, 0.3) is 0 Å². The van der Waals surface area contributed by atoms with Crippen LogP contribution in [0.2, 0.25) is 0 Å². The summed E-state index contributed by atoms with van der Waals surface area (Å²) < 4.78 is 1.90. The van der Waals surface area contributed by atoms with Crippen LogP contribution >= 0.6 is 0 Å². The van der Waals surface area contributed by atoms with Gasteiger partial charge in [-0.25, -0.2) is 9.97 Å². The SMILES string of the molecule is CNc1cn2ccnc2c(NCC(C)(O)CC(C)C)n1. The molecule has 6 nitrogen and oxygen atoms in total. The van der Waals surface area contributed by atoms with E-state index >= 15 is 0 Å². The maximum Gasteiger partial charge on any atom is 0.180 e. The fourth-order valence-corrected chi connectivity index (χ4v) is 2.40. The summed E-state index contributed by atoms with van der Waals surface area (Å²) in [6.45, 7) is 6.47. The molecule has 0 aliphatic rings. The van der Waals surface area contributed by atoms with E-state index in [2.05, 4.69) is 34.4 Å². The number of imidazole rings is 1. The van der Waals surface area contributed by atoms with Crippen LogP contribution in [-0.2, 0) is 0 Å². The summed E-state index contributed by atoms with van der Waals surface area (Å²) in [7, 11) is 1.82. The molecule has 2 aromatic heterocycles. The summed E-state index contributed by atoms with van der Waals surface area (Å²) >= 11 is 0. The van der Waals surface area contributed by atoms with Crippen LogP contribution in [0.5, 0.6) is 0 Å². The topological polar surface area (TPSA) is 74.5 Å². The molecule has 2 heterocycles. The third-order valence-corrected chi connectivity index (χ3v) is 3.11. The van der Waals surface area contributed by atoms with Gasteiger partial charge in [0.1, 0.15) is 5.82 Å². The molecular weight excluding hydrogens is 254 g/mol. The van der Waals surface area contributed by atoms with E-state index in [9.17, 15) is 5.11 Å². The van der Waals surface area contributed by atoms with Gasteiger partial charge in [0.15, 0.2) is 11.5 Å². The predicted octanol–water partition coefficient (Wildman–Crippen LogP) is 1.98. The first kappa shape index (κ1) is 14.6. The van der Waals surface area contributed by atoms with E-state index in [1.165, 1.54) is 0 Å². The lowest BCUT2D eigenvalue weighted by molar-refractivity contribution is 0.0515. The number of anilines is 2. The summed E-state index contributed by atoms with van der Waals surface area (Å²) in [6, 6.07) is 0. The fourth-order valence-electron chi connectivity index (χ4n) is 2.40. The average molecular weight is 277 g/mol. The van der Waals surface area contributed by atoms with Gasteiger partial charge in [-0.1, -0.05) is 13.8 Å². The van der Waals surface area contributed by atoms with Crippen LogP contribution in [0.25, 0.3) is 5.65 Å². The van der Waals surface area contributed by atoms with Crippen LogP contribution in [0.4, 0.5) is 11.6 Å². The predicted molar refractivity (Wildman–Crippen MR) is 81.1 cm³/mol. The standard InChI is InChI=1S/C14H23N5O/c1-10(2)7-14(3,20)9-17-12-13-16-5-6-19(13)8-11(15-4)18-12/h5-6,8,10,15,20H,7,9H2,1-4H3,(H,17,18). The molecule has 0 bridgehead atoms. The zero-order valence-electron chi connectivity index (χ0n) is 12.5. The Bertz CT molecular complexity index is 576. The maximum absolute atomic E-state index is 10.4. The summed E-state index contributed by atoms with van der Waals surface area (Å²) in [6.07, 6.45) is 6.21. The Morgan fingerprint density at radius 3 is 2.85 bits per heavy atom. The van der Waals surface area contributed by atoms with Gasteiger partial charge < -0.3 is 20.1 Å². The number of rotatable bonds is 6. The molecule has 1 unspecified atom stereocenters. The van der Waals surface area contributed by atoms with Crippen LogP contribution in [0.15, 0.2) is 18.6 Å². The molecule has 0 amide bonds. The number of nitrogens with one attached hydrogen (secondary N) is 2. The molecule has 0 saturated carbocycles. The number of fused-ring (bicyclic) bond motifs is 1. The summed E-state index contributed by atoms with van der Waals surface area (Å²) in [4.78, 5) is 8.74. The number of nitrogens with zero attached hydrogens (tertiary/aromatic N) is 3. The van der Waals surface area contributed by atoms with Gasteiger partial charge in [0, 0.05) is 26.0 Å². The first-order chi connectivity index (χ1) is 9.41. The molecule has 3 N–H and O–H groups in total. The molecule has 1 atom stereocenters. The Balaban J connectivity index is 2.18. The van der Waals surface area contributed by atoms with Gasteiger partial charge in [-0.2, -0.15) is 0 Å². The Kier molecular flexibility index (Phi) is 4.13. The molecule has 0 aromatic carbocycles. The van der Waals surface area contributed by atoms with Crippen LogP contribution < -0.4 is 10.6 Å². The zero-order valence-corrected chi connectivity index (χ0v) is 12.5. The highest BCUT2D eigenvalue weighted by molar-refractivity contribution is 5.65. The van der Waals surface area contributed by atoms with E-state index in [0.29, 0.717) is 18.3 Å². The first-order valence-electron chi connectivity index (χ1n) is 6.89. The molecule has 110 valence electrons. The second kappa shape index (κ2) is 5.66. The number of hydrogen-bond donors (Lipinski definition) is 3. The lowest BCUT2D eigenvalue weighted by atomic mass is 9.94. The van der Waals surface area contributed by atoms with E-state index in [-0.39, 0.29) is 0 Å². The number of aromatic nitrogens is 3. The van der Waals surface area contributed by atoms with E-state index in [1.807, 2.05) is 30.8 Å². The summed E-state index contributed by atoms with van der Waals surface area (Å²) in [5.74, 6) is 1.86. The van der Waals surface area contributed by atoms with Crippen LogP contribution in [0.1, 0.15) is 27.2 Å². The number of hydrogen-bond acceptors (Lipinski definition) is 5. The molecule has 6 heteroatoms. The zero-order chi connectivity index (χ0) is 14.8. The average Bonchev–Trinajstić information content (AvgIpc) is 2.82. The summed E-state index contributed by atoms with van der Waals surface area (Å²) in [5, 5.41) is 16.6. The Morgan fingerprint density at radius 1 is 1.45 bits per heavy atom. The lowest BCUT2D eigenvalue weighted by Crippen LogP contribution is -2.35. The first-order valence-corrected chi connectivity index (χ1v) is 6.89. The molecule has 0 spiro atoms. The van der Waals surface area contributed by atoms with E-state index in [0.717, 1.165) is 17.9 Å². The van der Waals surface area contributed by atoms with Gasteiger partial charge in [-0.15, -0.1) is 0 Å². The minimum absolute atomic E-state index is 0.438. The Morgan fingerprint density at radius 2 is 2.20 bits per heavy atom. The fraction of sp³-hybridized carbons (Fsp3) is 0.571. The molecule has 0 radical (unpaired) electrons. The largest absolute Gasteiger partial charge is 0.388 e. The van der Waals surface area contributed by atoms with Crippen LogP contribution in [0, 0.1) is 5.92 Å². The highest BCUT2D eigenvalue weighted by atomic mass is 16.3. The smallest absolute Gasteiger partial charge is 0.180 e. The molecule has 2 aromatic rings. The summed E-state index contributed by atoms with van der Waals surface area (Å²) in [5.41, 5.74) is -0.0147. The van der Waals surface area contributed by atoms with Crippen molar-refractivity contribution in [2.24, 2.45) is 5.92 Å². The van der Waals surface area contributed by atoms with E-state index in [4.69, 9.17) is 0 Å². The van der Waals surface area contributed by atoms with Crippen molar-refractivity contribution in [3.05, 3.63) is 18.6 Å². The van der Waals surface area contributed by atoms with Crippen molar-refractivity contribution in [2.75, 3.05) is 24.2 Å². The van der Waals surface area contributed by atoms with Gasteiger partial charge >= 0.3 is 0 Å². The van der Waals surface area contributed by atoms with Crippen molar-refractivity contribution in [1.29, 1.82) is 0 Å². The van der Waals surface area contributed by atoms with Gasteiger partial charge in [0.2, 0.25) is 0 Å². The molecule has 2 rings (SSSR count). The highest BCUT2D eigenvalue weighted by Gasteiger charge is 2.22. The third-order valence-electron chi connectivity index (χ3n) is 3.11. The Labute approximate surface area is 119 Å². The minimum atomic E-state index is -0.769. The normalized spacial score (nSPS) is 14.5. The van der Waals surface area contributed by atoms with Gasteiger partial charge in [-0.05, 0) is 19.3 Å². The molecular formula is C14H23N5O.